The summed E-state index contributed by atoms with van der Waals surface area (Å²) in [4.78, 5) is 22.6. The Kier molecular flexibility index (Phi) is 11.5. The van der Waals surface area contributed by atoms with Gasteiger partial charge in [0.05, 0.1) is 43.6 Å². The molecule has 0 N–H and O–H groups in total. The Morgan fingerprint density at radius 2 is 1.61 bits per heavy atom. The molecule has 0 radical (unpaired) electrons. The summed E-state index contributed by atoms with van der Waals surface area (Å²) in [6.07, 6.45) is -7.35. The third-order valence-corrected chi connectivity index (χ3v) is 11.7. The molecule has 11 nitrogen and oxygen atoms in total. The first-order chi connectivity index (χ1) is 29.2. The number of pyridine rings is 2. The third-order valence-electron chi connectivity index (χ3n) is 11.7. The molecule has 3 atom stereocenters. The maximum absolute atomic E-state index is 17.4. The van der Waals surface area contributed by atoms with Gasteiger partial charge in [-0.2, -0.15) is 23.1 Å². The van der Waals surface area contributed by atoms with Crippen molar-refractivity contribution in [1.82, 2.24) is 24.8 Å². The summed E-state index contributed by atoms with van der Waals surface area (Å²) >= 11 is 0. The maximum Gasteiger partial charge on any atom is 0.418 e. The summed E-state index contributed by atoms with van der Waals surface area (Å²) in [5.74, 6) is -0.516. The Morgan fingerprint density at radius 1 is 0.951 bits per heavy atom. The molecule has 0 saturated carbocycles. The molecule has 0 bridgehead atoms. The van der Waals surface area contributed by atoms with E-state index in [9.17, 15) is 13.2 Å². The van der Waals surface area contributed by atoms with Crippen molar-refractivity contribution in [2.75, 3.05) is 56.9 Å². The number of ether oxygens (including phenoxy) is 4. The molecule has 0 unspecified atom stereocenters. The van der Waals surface area contributed by atoms with Gasteiger partial charge in [0.15, 0.2) is 5.82 Å². The summed E-state index contributed by atoms with van der Waals surface area (Å²) in [5, 5.41) is -0.204. The molecule has 3 aliphatic rings. The predicted octanol–water partition coefficient (Wildman–Crippen LogP) is 8.58. The minimum atomic E-state index is -5.03. The minimum absolute atomic E-state index is 0.0744. The number of rotatable bonds is 13. The molecule has 61 heavy (non-hydrogen) atoms. The van der Waals surface area contributed by atoms with Gasteiger partial charge < -0.3 is 28.7 Å². The third kappa shape index (κ3) is 8.38. The van der Waals surface area contributed by atoms with Crippen LogP contribution in [0.5, 0.6) is 23.4 Å². The number of nitrogens with zero attached hydrogens (tertiary/aromatic N) is 7. The summed E-state index contributed by atoms with van der Waals surface area (Å²) in [7, 11) is 3.06. The molecule has 18 heteroatoms. The average Bonchev–Trinajstić information content (AvgIpc) is 3.72. The fourth-order valence-electron chi connectivity index (χ4n) is 8.70. The highest BCUT2D eigenvalue weighted by Crippen LogP contribution is 2.46. The fraction of sp³-hybridized carbons (Fsp3) is 0.442. The Hall–Kier alpha value is -5.65. The lowest BCUT2D eigenvalue weighted by Gasteiger charge is -2.31. The number of aromatic nitrogens is 4. The molecule has 0 spiro atoms. The van der Waals surface area contributed by atoms with Gasteiger partial charge in [0.2, 0.25) is 5.88 Å². The zero-order valence-corrected chi connectivity index (χ0v) is 33.9. The van der Waals surface area contributed by atoms with Crippen molar-refractivity contribution in [2.24, 2.45) is 0 Å². The van der Waals surface area contributed by atoms with Crippen molar-refractivity contribution in [2.45, 2.75) is 76.6 Å². The van der Waals surface area contributed by atoms with Crippen molar-refractivity contribution in [3.8, 4) is 34.6 Å². The van der Waals surface area contributed by atoms with Crippen LogP contribution in [0.1, 0.15) is 48.6 Å². The molecule has 2 fully saturated rings. The predicted molar refractivity (Wildman–Crippen MR) is 213 cm³/mol. The fourth-order valence-corrected chi connectivity index (χ4v) is 8.70. The van der Waals surface area contributed by atoms with Gasteiger partial charge in [0.25, 0.3) is 6.43 Å². The number of hydrogen-bond acceptors (Lipinski definition) is 11. The van der Waals surface area contributed by atoms with Gasteiger partial charge in [-0.3, -0.25) is 4.90 Å². The van der Waals surface area contributed by atoms with Crippen molar-refractivity contribution < 1.29 is 49.7 Å². The number of anilines is 2. The van der Waals surface area contributed by atoms with E-state index in [-0.39, 0.29) is 62.2 Å². The molecule has 0 aliphatic carbocycles. The van der Waals surface area contributed by atoms with E-state index in [0.29, 0.717) is 24.5 Å². The Labute approximate surface area is 347 Å². The highest BCUT2D eigenvalue weighted by molar-refractivity contribution is 5.97. The smallest absolute Gasteiger partial charge is 0.418 e. The van der Waals surface area contributed by atoms with Crippen LogP contribution < -0.4 is 28.7 Å². The SMILES string of the molecule is COc1ccc(CN(Cc2ccc(OC)cc2)c2cc(-c3nc4c5c(nc(OC[C@@]67CCCN6C[C@H](F)C7)nc5c3F)N(CC(F)F)[C@@H](C)CO4)c(C(F)(F)F)c(C)n2)cc1. The number of methoxy groups -OCH3 is 2. The first-order valence-electron chi connectivity index (χ1n) is 19.9. The molecule has 8 rings (SSSR count). The van der Waals surface area contributed by atoms with Crippen LogP contribution >= 0.6 is 0 Å². The van der Waals surface area contributed by atoms with Crippen molar-refractivity contribution in [3.63, 3.8) is 0 Å². The van der Waals surface area contributed by atoms with Crippen molar-refractivity contribution in [1.29, 1.82) is 0 Å². The highest BCUT2D eigenvalue weighted by atomic mass is 19.4. The quantitative estimate of drug-likeness (QED) is 0.107. The van der Waals surface area contributed by atoms with Gasteiger partial charge in [-0.05, 0) is 74.7 Å². The molecule has 2 aromatic carbocycles. The Balaban J connectivity index is 1.29. The summed E-state index contributed by atoms with van der Waals surface area (Å²) in [5.41, 5.74) is -2.74. The lowest BCUT2D eigenvalue weighted by atomic mass is 9.95. The first-order valence-corrected chi connectivity index (χ1v) is 19.9. The number of hydrogen-bond donors (Lipinski definition) is 0. The number of halogens is 7. The van der Waals surface area contributed by atoms with Gasteiger partial charge in [-0.1, -0.05) is 24.3 Å². The maximum atomic E-state index is 17.4. The van der Waals surface area contributed by atoms with Gasteiger partial charge >= 0.3 is 12.2 Å². The van der Waals surface area contributed by atoms with Crippen LogP contribution in [0.3, 0.4) is 0 Å². The Morgan fingerprint density at radius 3 is 2.21 bits per heavy atom. The summed E-state index contributed by atoms with van der Waals surface area (Å²) < 4.78 is 129. The molecule has 6 heterocycles. The second kappa shape index (κ2) is 16.7. The molecular formula is C43H44F7N7O4. The monoisotopic (exact) mass is 855 g/mol. The highest BCUT2D eigenvalue weighted by Gasteiger charge is 2.49. The zero-order chi connectivity index (χ0) is 43.2. The second-order valence-electron chi connectivity index (χ2n) is 15.7. The van der Waals surface area contributed by atoms with E-state index in [4.69, 9.17) is 18.9 Å². The lowest BCUT2D eigenvalue weighted by Crippen LogP contribution is -2.43. The Bertz CT molecular complexity index is 2340. The normalized spacial score (nSPS) is 20.2. The standard InChI is InChI=1S/C43H44F7N7O4/c1-24-22-60-40-34-38(53-41(54-39(34)57(24)21-32(45)46)61-23-42-14-5-15-56(42)20-28(44)17-42)36(47)37(52-40)31-16-33(51-25(2)35(31)43(48,49)50)55(18-26-6-10-29(58-3)11-7-26)19-27-8-12-30(59-4)13-9-27/h6-13,16,24,28,32H,5,14-15,17-23H2,1-4H3/t24-,28+,42-/m0/s1. The van der Waals surface area contributed by atoms with Crippen LogP contribution in [0.2, 0.25) is 0 Å². The van der Waals surface area contributed by atoms with E-state index in [1.54, 1.807) is 36.1 Å². The molecule has 5 aromatic rings. The van der Waals surface area contributed by atoms with Gasteiger partial charge in [0.1, 0.15) is 59.1 Å². The lowest BCUT2D eigenvalue weighted by molar-refractivity contribution is -0.137. The summed E-state index contributed by atoms with van der Waals surface area (Å²) in [6.45, 7) is 2.86. The molecule has 3 aromatic heterocycles. The van der Waals surface area contributed by atoms with Crippen molar-refractivity contribution >= 4 is 22.5 Å². The van der Waals surface area contributed by atoms with E-state index in [2.05, 4.69) is 19.9 Å². The second-order valence-corrected chi connectivity index (χ2v) is 15.7. The first kappa shape index (κ1) is 42.1. The van der Waals surface area contributed by atoms with E-state index in [1.165, 1.54) is 26.0 Å². The van der Waals surface area contributed by atoms with Crippen molar-refractivity contribution in [3.05, 3.63) is 82.8 Å². The molecule has 0 amide bonds. The molecule has 324 valence electrons. The van der Waals surface area contributed by atoms with Crippen LogP contribution in [0.25, 0.3) is 22.2 Å². The largest absolute Gasteiger partial charge is 0.497 e. The van der Waals surface area contributed by atoms with E-state index >= 15 is 17.6 Å². The van der Waals surface area contributed by atoms with Crippen LogP contribution in [0.4, 0.5) is 42.4 Å². The minimum Gasteiger partial charge on any atom is -0.497 e. The van der Waals surface area contributed by atoms with E-state index in [1.807, 2.05) is 29.2 Å². The van der Waals surface area contributed by atoms with Crippen LogP contribution in [0, 0.1) is 12.7 Å². The number of benzene rings is 2. The topological polar surface area (TPSA) is 98.2 Å². The van der Waals surface area contributed by atoms with Crippen LogP contribution in [-0.4, -0.2) is 96.1 Å². The van der Waals surface area contributed by atoms with Gasteiger partial charge in [-0.15, -0.1) is 0 Å². The van der Waals surface area contributed by atoms with Gasteiger partial charge in [-0.25, -0.2) is 27.5 Å². The molecule has 2 saturated heterocycles. The number of alkyl halides is 6. The van der Waals surface area contributed by atoms with Crippen LogP contribution in [-0.2, 0) is 19.3 Å². The average molecular weight is 856 g/mol. The zero-order valence-electron chi connectivity index (χ0n) is 33.9. The molecule has 3 aliphatic heterocycles. The van der Waals surface area contributed by atoms with E-state index in [0.717, 1.165) is 23.6 Å². The van der Waals surface area contributed by atoms with E-state index < -0.39 is 76.8 Å². The van der Waals surface area contributed by atoms with Gasteiger partial charge in [0, 0.05) is 31.6 Å². The number of aryl methyl sites for hydroxylation is 1. The van der Waals surface area contributed by atoms with Crippen LogP contribution in [0.15, 0.2) is 54.6 Å². The molecular weight excluding hydrogens is 812 g/mol. The number of fused-ring (bicyclic) bond motifs is 1. The summed E-state index contributed by atoms with van der Waals surface area (Å²) in [6, 6.07) is 14.2.